The first-order valence-corrected chi connectivity index (χ1v) is 10.1. The number of nitriles is 1. The van der Waals surface area contributed by atoms with Crippen molar-refractivity contribution < 1.29 is 13.9 Å². The van der Waals surface area contributed by atoms with Crippen LogP contribution in [0.25, 0.3) is 10.2 Å². The summed E-state index contributed by atoms with van der Waals surface area (Å²) in [6, 6.07) is 13.4. The fourth-order valence-electron chi connectivity index (χ4n) is 3.21. The molecule has 1 amide bonds. The Bertz CT molecular complexity index is 1050. The van der Waals surface area contributed by atoms with E-state index in [9.17, 15) is 9.18 Å². The van der Waals surface area contributed by atoms with Crippen LogP contribution in [0.2, 0.25) is 0 Å². The summed E-state index contributed by atoms with van der Waals surface area (Å²) in [5, 5.41) is 9.45. The SMILES string of the molecule is N#Cc1ccc(C(=O)N(CCN2CCOCC2)c2nc3c(F)cccc3s2)cc1. The monoisotopic (exact) mass is 410 g/mol. The first-order chi connectivity index (χ1) is 14.2. The Labute approximate surface area is 171 Å². The van der Waals surface area contributed by atoms with Gasteiger partial charge in [0, 0.05) is 31.7 Å². The van der Waals surface area contributed by atoms with Gasteiger partial charge in [-0.25, -0.2) is 9.37 Å². The molecule has 2 heterocycles. The molecule has 0 bridgehead atoms. The molecule has 1 aliphatic rings. The van der Waals surface area contributed by atoms with Crippen LogP contribution in [0.15, 0.2) is 42.5 Å². The standard InChI is InChI=1S/C21H19FN4O2S/c22-17-2-1-3-18-19(17)24-21(29-18)26(9-8-25-10-12-28-13-11-25)20(27)16-6-4-15(14-23)5-7-16/h1-7H,8-13H2. The number of rotatable bonds is 5. The molecule has 0 radical (unpaired) electrons. The van der Waals surface area contributed by atoms with Crippen molar-refractivity contribution in [1.29, 1.82) is 5.26 Å². The number of nitrogens with zero attached hydrogens (tertiary/aromatic N) is 4. The molecule has 6 nitrogen and oxygen atoms in total. The van der Waals surface area contributed by atoms with Gasteiger partial charge in [-0.15, -0.1) is 0 Å². The Morgan fingerprint density at radius 1 is 1.24 bits per heavy atom. The first kappa shape index (κ1) is 19.5. The Kier molecular flexibility index (Phi) is 5.81. The second-order valence-corrected chi connectivity index (χ2v) is 7.69. The maximum absolute atomic E-state index is 14.1. The van der Waals surface area contributed by atoms with Crippen LogP contribution in [0, 0.1) is 17.1 Å². The third-order valence-electron chi connectivity index (χ3n) is 4.84. The van der Waals surface area contributed by atoms with Gasteiger partial charge in [-0.05, 0) is 36.4 Å². The van der Waals surface area contributed by atoms with Gasteiger partial charge in [-0.1, -0.05) is 17.4 Å². The highest BCUT2D eigenvalue weighted by Gasteiger charge is 2.23. The van der Waals surface area contributed by atoms with Gasteiger partial charge in [0.05, 0.1) is 29.5 Å². The summed E-state index contributed by atoms with van der Waals surface area (Å²) in [5.41, 5.74) is 1.23. The summed E-state index contributed by atoms with van der Waals surface area (Å²) >= 11 is 1.30. The highest BCUT2D eigenvalue weighted by molar-refractivity contribution is 7.22. The Balaban J connectivity index is 1.64. The van der Waals surface area contributed by atoms with Gasteiger partial charge >= 0.3 is 0 Å². The van der Waals surface area contributed by atoms with E-state index in [1.54, 1.807) is 41.3 Å². The van der Waals surface area contributed by atoms with Crippen LogP contribution in [0.1, 0.15) is 15.9 Å². The molecule has 29 heavy (non-hydrogen) atoms. The second kappa shape index (κ2) is 8.66. The number of fused-ring (bicyclic) bond motifs is 1. The fraction of sp³-hybridized carbons (Fsp3) is 0.286. The van der Waals surface area contributed by atoms with E-state index < -0.39 is 5.82 Å². The smallest absolute Gasteiger partial charge is 0.260 e. The first-order valence-electron chi connectivity index (χ1n) is 9.33. The molecule has 0 saturated carbocycles. The zero-order valence-corrected chi connectivity index (χ0v) is 16.5. The molecule has 0 N–H and O–H groups in total. The highest BCUT2D eigenvalue weighted by atomic mass is 32.1. The van der Waals surface area contributed by atoms with Crippen molar-refractivity contribution >= 4 is 32.6 Å². The molecule has 2 aromatic carbocycles. The number of aromatic nitrogens is 1. The van der Waals surface area contributed by atoms with E-state index in [1.807, 2.05) is 0 Å². The third-order valence-corrected chi connectivity index (χ3v) is 5.88. The zero-order valence-electron chi connectivity index (χ0n) is 15.7. The molecule has 0 spiro atoms. The molecular formula is C21H19FN4O2S. The van der Waals surface area contributed by atoms with Crippen molar-refractivity contribution in [2.75, 3.05) is 44.3 Å². The number of carbonyl (C=O) groups is 1. The number of hydrogen-bond acceptors (Lipinski definition) is 6. The minimum Gasteiger partial charge on any atom is -0.379 e. The lowest BCUT2D eigenvalue weighted by Gasteiger charge is -2.29. The van der Waals surface area contributed by atoms with E-state index >= 15 is 0 Å². The second-order valence-electron chi connectivity index (χ2n) is 6.68. The van der Waals surface area contributed by atoms with Gasteiger partial charge in [0.1, 0.15) is 11.3 Å². The Morgan fingerprint density at radius 2 is 2.00 bits per heavy atom. The van der Waals surface area contributed by atoms with Crippen LogP contribution in [0.4, 0.5) is 9.52 Å². The molecule has 0 aliphatic carbocycles. The number of carbonyl (C=O) groups excluding carboxylic acids is 1. The lowest BCUT2D eigenvalue weighted by atomic mass is 10.1. The van der Waals surface area contributed by atoms with Crippen molar-refractivity contribution in [2.24, 2.45) is 0 Å². The van der Waals surface area contributed by atoms with E-state index in [4.69, 9.17) is 10.00 Å². The number of amides is 1. The molecular weight excluding hydrogens is 391 g/mol. The van der Waals surface area contributed by atoms with Crippen LogP contribution < -0.4 is 4.90 Å². The number of benzene rings is 2. The molecule has 0 atom stereocenters. The minimum atomic E-state index is -0.399. The Morgan fingerprint density at radius 3 is 2.69 bits per heavy atom. The topological polar surface area (TPSA) is 69.5 Å². The van der Waals surface area contributed by atoms with Crippen LogP contribution in [0.5, 0.6) is 0 Å². The van der Waals surface area contributed by atoms with E-state index in [0.29, 0.717) is 47.3 Å². The molecule has 1 aliphatic heterocycles. The van der Waals surface area contributed by atoms with E-state index in [0.717, 1.165) is 13.1 Å². The normalized spacial score (nSPS) is 14.6. The number of hydrogen-bond donors (Lipinski definition) is 0. The minimum absolute atomic E-state index is 0.220. The fourth-order valence-corrected chi connectivity index (χ4v) is 4.22. The average molecular weight is 410 g/mol. The van der Waals surface area contributed by atoms with Gasteiger partial charge in [0.25, 0.3) is 5.91 Å². The molecule has 0 unspecified atom stereocenters. The molecule has 1 fully saturated rings. The number of anilines is 1. The van der Waals surface area contributed by atoms with Crippen LogP contribution in [-0.2, 0) is 4.74 Å². The molecule has 8 heteroatoms. The molecule has 148 valence electrons. The van der Waals surface area contributed by atoms with E-state index in [-0.39, 0.29) is 11.4 Å². The van der Waals surface area contributed by atoms with Crippen LogP contribution in [0.3, 0.4) is 0 Å². The number of thiazole rings is 1. The predicted octanol–water partition coefficient (Wildman–Crippen LogP) is 3.29. The average Bonchev–Trinajstić information content (AvgIpc) is 3.20. The summed E-state index contributed by atoms with van der Waals surface area (Å²) in [6.07, 6.45) is 0. The van der Waals surface area contributed by atoms with E-state index in [2.05, 4.69) is 16.0 Å². The zero-order chi connectivity index (χ0) is 20.2. The largest absolute Gasteiger partial charge is 0.379 e. The maximum atomic E-state index is 14.1. The summed E-state index contributed by atoms with van der Waals surface area (Å²) in [5.74, 6) is -0.619. The van der Waals surface area contributed by atoms with Crippen molar-refractivity contribution in [3.63, 3.8) is 0 Å². The number of halogens is 1. The summed E-state index contributed by atoms with van der Waals surface area (Å²) < 4.78 is 20.2. The van der Waals surface area contributed by atoms with E-state index in [1.165, 1.54) is 17.4 Å². The third kappa shape index (κ3) is 4.27. The summed E-state index contributed by atoms with van der Waals surface area (Å²) in [6.45, 7) is 4.08. The van der Waals surface area contributed by atoms with Crippen molar-refractivity contribution in [2.45, 2.75) is 0 Å². The highest BCUT2D eigenvalue weighted by Crippen LogP contribution is 2.31. The van der Waals surface area contributed by atoms with Gasteiger partial charge < -0.3 is 4.74 Å². The molecule has 3 aromatic rings. The van der Waals surface area contributed by atoms with Crippen LogP contribution in [-0.4, -0.2) is 55.2 Å². The number of ether oxygens (including phenoxy) is 1. The predicted molar refractivity (Wildman–Crippen MR) is 110 cm³/mol. The molecule has 1 saturated heterocycles. The summed E-state index contributed by atoms with van der Waals surface area (Å²) in [7, 11) is 0. The lowest BCUT2D eigenvalue weighted by Crippen LogP contribution is -2.43. The van der Waals surface area contributed by atoms with Gasteiger partial charge in [-0.3, -0.25) is 14.6 Å². The molecule has 4 rings (SSSR count). The van der Waals surface area contributed by atoms with Gasteiger partial charge in [-0.2, -0.15) is 5.26 Å². The quantitative estimate of drug-likeness (QED) is 0.646. The number of morpholine rings is 1. The Hall–Kier alpha value is -2.86. The molecule has 1 aromatic heterocycles. The van der Waals surface area contributed by atoms with Gasteiger partial charge in [0.2, 0.25) is 0 Å². The van der Waals surface area contributed by atoms with Crippen molar-refractivity contribution in [1.82, 2.24) is 9.88 Å². The number of para-hydroxylation sites is 1. The van der Waals surface area contributed by atoms with Gasteiger partial charge in [0.15, 0.2) is 5.13 Å². The maximum Gasteiger partial charge on any atom is 0.260 e. The summed E-state index contributed by atoms with van der Waals surface area (Å²) in [4.78, 5) is 21.5. The van der Waals surface area contributed by atoms with Crippen molar-refractivity contribution in [3.05, 3.63) is 59.4 Å². The lowest BCUT2D eigenvalue weighted by molar-refractivity contribution is 0.0391. The van der Waals surface area contributed by atoms with Crippen molar-refractivity contribution in [3.8, 4) is 6.07 Å². The van der Waals surface area contributed by atoms with Crippen LogP contribution >= 0.6 is 11.3 Å².